The maximum absolute atomic E-state index is 5.72. The number of nitrogens with zero attached hydrogens (tertiary/aromatic N) is 1. The van der Waals surface area contributed by atoms with Crippen molar-refractivity contribution in [3.63, 3.8) is 0 Å². The van der Waals surface area contributed by atoms with Crippen LogP contribution in [0.3, 0.4) is 0 Å². The van der Waals surface area contributed by atoms with E-state index in [1.165, 1.54) is 49.1 Å². The first-order chi connectivity index (χ1) is 9.86. The van der Waals surface area contributed by atoms with Crippen LogP contribution in [-0.2, 0) is 12.8 Å². The molecule has 0 unspecified atom stereocenters. The van der Waals surface area contributed by atoms with Crippen molar-refractivity contribution in [3.05, 3.63) is 47.7 Å². The summed E-state index contributed by atoms with van der Waals surface area (Å²) in [7, 11) is 0. The van der Waals surface area contributed by atoms with E-state index in [1.807, 2.05) is 30.3 Å². The molecular formula is C16H20N2OS. The van der Waals surface area contributed by atoms with Crippen LogP contribution in [0.1, 0.15) is 48.9 Å². The zero-order valence-corrected chi connectivity index (χ0v) is 12.4. The molecule has 0 radical (unpaired) electrons. The predicted molar refractivity (Wildman–Crippen MR) is 81.6 cm³/mol. The van der Waals surface area contributed by atoms with Crippen LogP contribution in [0.15, 0.2) is 39.6 Å². The Morgan fingerprint density at radius 1 is 1.10 bits per heavy atom. The standard InChI is InChI=1S/C10H13NO.C6H7NS/c1-2-4-9-8(3-1)11-10(12-9)7-5-6-7;7-8-6-4-2-1-3-5-6/h7H,1-6H2;1-5H,7H2. The Balaban J connectivity index is 0.000000133. The fourth-order valence-electron chi connectivity index (χ4n) is 2.38. The van der Waals surface area contributed by atoms with Gasteiger partial charge in [0, 0.05) is 17.2 Å². The Labute approximate surface area is 124 Å². The van der Waals surface area contributed by atoms with Gasteiger partial charge in [0.25, 0.3) is 0 Å². The second-order valence-electron chi connectivity index (χ2n) is 5.33. The molecule has 1 fully saturated rings. The number of oxazole rings is 1. The van der Waals surface area contributed by atoms with Crippen molar-refractivity contribution in [1.82, 2.24) is 4.98 Å². The molecule has 1 saturated carbocycles. The smallest absolute Gasteiger partial charge is 0.197 e. The Bertz CT molecular complexity index is 525. The van der Waals surface area contributed by atoms with Crippen molar-refractivity contribution in [2.45, 2.75) is 49.3 Å². The van der Waals surface area contributed by atoms with Crippen LogP contribution >= 0.6 is 11.9 Å². The lowest BCUT2D eigenvalue weighted by Crippen LogP contribution is -1.99. The van der Waals surface area contributed by atoms with E-state index in [9.17, 15) is 0 Å². The van der Waals surface area contributed by atoms with E-state index in [2.05, 4.69) is 4.98 Å². The van der Waals surface area contributed by atoms with Gasteiger partial charge in [-0.3, -0.25) is 5.14 Å². The maximum Gasteiger partial charge on any atom is 0.197 e. The summed E-state index contributed by atoms with van der Waals surface area (Å²) in [5, 5.41) is 5.27. The van der Waals surface area contributed by atoms with Gasteiger partial charge < -0.3 is 4.42 Å². The predicted octanol–water partition coefficient (Wildman–Crippen LogP) is 4.08. The first-order valence-electron chi connectivity index (χ1n) is 7.27. The largest absolute Gasteiger partial charge is 0.445 e. The van der Waals surface area contributed by atoms with Gasteiger partial charge in [0.1, 0.15) is 5.76 Å². The maximum atomic E-state index is 5.72. The molecule has 2 aliphatic rings. The topological polar surface area (TPSA) is 52.0 Å². The van der Waals surface area contributed by atoms with E-state index in [1.54, 1.807) is 0 Å². The van der Waals surface area contributed by atoms with Crippen LogP contribution in [0, 0.1) is 0 Å². The van der Waals surface area contributed by atoms with Gasteiger partial charge in [-0.05, 0) is 56.2 Å². The highest BCUT2D eigenvalue weighted by Gasteiger charge is 2.30. The molecule has 0 aliphatic heterocycles. The summed E-state index contributed by atoms with van der Waals surface area (Å²) >= 11 is 1.27. The molecule has 0 spiro atoms. The summed E-state index contributed by atoms with van der Waals surface area (Å²) in [5.41, 5.74) is 1.25. The van der Waals surface area contributed by atoms with Gasteiger partial charge in [-0.1, -0.05) is 18.2 Å². The van der Waals surface area contributed by atoms with Crippen molar-refractivity contribution in [3.8, 4) is 0 Å². The average molecular weight is 288 g/mol. The third-order valence-corrected chi connectivity index (χ3v) is 4.21. The van der Waals surface area contributed by atoms with Gasteiger partial charge in [-0.15, -0.1) is 0 Å². The molecule has 0 amide bonds. The second-order valence-corrected chi connectivity index (χ2v) is 6.04. The molecular weight excluding hydrogens is 268 g/mol. The highest BCUT2D eigenvalue weighted by atomic mass is 32.2. The number of aromatic nitrogens is 1. The molecule has 4 rings (SSSR count). The summed E-state index contributed by atoms with van der Waals surface area (Å²) < 4.78 is 5.72. The minimum atomic E-state index is 0.676. The number of nitrogens with two attached hydrogens (primary N) is 1. The molecule has 0 saturated heterocycles. The van der Waals surface area contributed by atoms with Crippen LogP contribution in [0.4, 0.5) is 0 Å². The number of hydrogen-bond donors (Lipinski definition) is 1. The van der Waals surface area contributed by atoms with Crippen LogP contribution in [0.2, 0.25) is 0 Å². The first-order valence-corrected chi connectivity index (χ1v) is 8.15. The van der Waals surface area contributed by atoms with Crippen LogP contribution in [-0.4, -0.2) is 4.98 Å². The molecule has 4 heteroatoms. The van der Waals surface area contributed by atoms with Crippen LogP contribution in [0.5, 0.6) is 0 Å². The molecule has 1 aromatic heterocycles. The molecule has 0 atom stereocenters. The first kappa shape index (κ1) is 13.7. The minimum absolute atomic E-state index is 0.676. The fourth-order valence-corrected chi connectivity index (χ4v) is 2.69. The fraction of sp³-hybridized carbons (Fsp3) is 0.438. The summed E-state index contributed by atoms with van der Waals surface area (Å²) in [6, 6.07) is 9.86. The molecule has 1 aromatic carbocycles. The highest BCUT2D eigenvalue weighted by molar-refractivity contribution is 7.97. The third kappa shape index (κ3) is 3.44. The Hall–Kier alpha value is -1.26. The van der Waals surface area contributed by atoms with E-state index in [4.69, 9.17) is 9.56 Å². The molecule has 1 heterocycles. The number of hydrogen-bond acceptors (Lipinski definition) is 4. The van der Waals surface area contributed by atoms with E-state index in [0.717, 1.165) is 23.6 Å². The highest BCUT2D eigenvalue weighted by Crippen LogP contribution is 2.40. The Morgan fingerprint density at radius 3 is 2.45 bits per heavy atom. The average Bonchev–Trinajstić information content (AvgIpc) is 3.28. The molecule has 20 heavy (non-hydrogen) atoms. The van der Waals surface area contributed by atoms with Crippen molar-refractivity contribution < 1.29 is 4.42 Å². The summed E-state index contributed by atoms with van der Waals surface area (Å²) in [6.07, 6.45) is 7.43. The zero-order valence-electron chi connectivity index (χ0n) is 11.5. The van der Waals surface area contributed by atoms with E-state index in [-0.39, 0.29) is 0 Å². The monoisotopic (exact) mass is 288 g/mol. The van der Waals surface area contributed by atoms with Crippen molar-refractivity contribution >= 4 is 11.9 Å². The van der Waals surface area contributed by atoms with Crippen molar-refractivity contribution in [2.24, 2.45) is 5.14 Å². The van der Waals surface area contributed by atoms with Gasteiger partial charge in [0.2, 0.25) is 0 Å². The van der Waals surface area contributed by atoms with Crippen molar-refractivity contribution in [2.75, 3.05) is 0 Å². The van der Waals surface area contributed by atoms with Gasteiger partial charge in [0.15, 0.2) is 5.89 Å². The molecule has 2 aliphatic carbocycles. The SMILES string of the molecule is C1CCc2oc(C3CC3)nc2C1.NSc1ccccc1. The third-order valence-electron chi connectivity index (χ3n) is 3.67. The summed E-state index contributed by atoms with van der Waals surface area (Å²) in [4.78, 5) is 5.65. The molecule has 3 nitrogen and oxygen atoms in total. The lowest BCUT2D eigenvalue weighted by molar-refractivity contribution is 0.440. The number of benzene rings is 1. The number of aryl methyl sites for hydroxylation is 2. The van der Waals surface area contributed by atoms with Gasteiger partial charge in [0.05, 0.1) is 5.69 Å². The van der Waals surface area contributed by atoms with Crippen LogP contribution < -0.4 is 5.14 Å². The van der Waals surface area contributed by atoms with E-state index in [0.29, 0.717) is 5.92 Å². The van der Waals surface area contributed by atoms with E-state index >= 15 is 0 Å². The Morgan fingerprint density at radius 2 is 1.85 bits per heavy atom. The Kier molecular flexibility index (Phi) is 4.43. The van der Waals surface area contributed by atoms with Crippen LogP contribution in [0.25, 0.3) is 0 Å². The van der Waals surface area contributed by atoms with E-state index < -0.39 is 0 Å². The van der Waals surface area contributed by atoms with Crippen molar-refractivity contribution in [1.29, 1.82) is 0 Å². The lowest BCUT2D eigenvalue weighted by Gasteiger charge is -2.05. The van der Waals surface area contributed by atoms with Gasteiger partial charge in [-0.2, -0.15) is 0 Å². The molecule has 2 aromatic rings. The van der Waals surface area contributed by atoms with Gasteiger partial charge >= 0.3 is 0 Å². The lowest BCUT2D eigenvalue weighted by atomic mass is 10.0. The second kappa shape index (κ2) is 6.46. The quantitative estimate of drug-likeness (QED) is 0.846. The number of rotatable bonds is 2. The molecule has 106 valence electrons. The molecule has 2 N–H and O–H groups in total. The summed E-state index contributed by atoms with van der Waals surface area (Å²) in [6.45, 7) is 0. The molecule has 0 bridgehead atoms. The zero-order chi connectivity index (χ0) is 13.8. The number of fused-ring (bicyclic) bond motifs is 1. The summed E-state index contributed by atoms with van der Waals surface area (Å²) in [5.74, 6) is 2.89. The minimum Gasteiger partial charge on any atom is -0.445 e. The normalized spacial score (nSPS) is 17.1. The van der Waals surface area contributed by atoms with Gasteiger partial charge in [-0.25, -0.2) is 4.98 Å².